The van der Waals surface area contributed by atoms with Gasteiger partial charge in [-0.1, -0.05) is 36.4 Å². The van der Waals surface area contributed by atoms with Crippen LogP contribution in [0, 0.1) is 0 Å². The molecule has 102 valence electrons. The van der Waals surface area contributed by atoms with Gasteiger partial charge in [-0.05, 0) is 30.5 Å². The first-order valence-corrected chi connectivity index (χ1v) is 6.91. The van der Waals surface area contributed by atoms with Crippen LogP contribution in [0.15, 0.2) is 40.8 Å². The molecular weight excluding hydrogens is 250 g/mol. The fourth-order valence-electron chi connectivity index (χ4n) is 2.70. The number of carbonyl (C=O) groups excluding carboxylic acids is 1. The molecule has 3 nitrogen and oxygen atoms in total. The van der Waals surface area contributed by atoms with Gasteiger partial charge >= 0.3 is 0 Å². The summed E-state index contributed by atoms with van der Waals surface area (Å²) in [6.45, 7) is 0.605. The fraction of sp³-hybridized carbons (Fsp3) is 0.235. The van der Waals surface area contributed by atoms with E-state index < -0.39 is 0 Å². The van der Waals surface area contributed by atoms with Gasteiger partial charge in [0.05, 0.1) is 0 Å². The number of para-hydroxylation sites is 2. The second-order valence-corrected chi connectivity index (χ2v) is 4.93. The predicted molar refractivity (Wildman–Crippen MR) is 80.9 cm³/mol. The van der Waals surface area contributed by atoms with Crippen LogP contribution in [0.3, 0.4) is 0 Å². The van der Waals surface area contributed by atoms with Crippen molar-refractivity contribution in [3.05, 3.63) is 47.5 Å². The molecule has 0 aliphatic rings. The summed E-state index contributed by atoms with van der Waals surface area (Å²) in [5.74, 6) is 0. The first kappa shape index (κ1) is 12.9. The number of furan rings is 1. The van der Waals surface area contributed by atoms with E-state index in [1.165, 1.54) is 0 Å². The lowest BCUT2D eigenvalue weighted by molar-refractivity contribution is -0.107. The molecule has 3 aromatic rings. The second kappa shape index (κ2) is 5.47. The highest BCUT2D eigenvalue weighted by Gasteiger charge is 2.12. The third-order valence-corrected chi connectivity index (χ3v) is 3.63. The Bertz CT molecular complexity index is 758. The van der Waals surface area contributed by atoms with Crippen molar-refractivity contribution in [1.82, 2.24) is 0 Å². The lowest BCUT2D eigenvalue weighted by Crippen LogP contribution is -2.02. The van der Waals surface area contributed by atoms with Gasteiger partial charge in [0.1, 0.15) is 17.5 Å². The largest absolute Gasteiger partial charge is 0.455 e. The molecule has 0 aliphatic carbocycles. The van der Waals surface area contributed by atoms with E-state index in [0.29, 0.717) is 19.4 Å². The summed E-state index contributed by atoms with van der Waals surface area (Å²) in [5.41, 5.74) is 9.71. The first-order chi connectivity index (χ1) is 9.85. The molecule has 20 heavy (non-hydrogen) atoms. The summed E-state index contributed by atoms with van der Waals surface area (Å²) < 4.78 is 6.09. The molecule has 0 saturated carbocycles. The number of benzene rings is 2. The van der Waals surface area contributed by atoms with Gasteiger partial charge in [0.15, 0.2) is 0 Å². The van der Waals surface area contributed by atoms with Gasteiger partial charge in [-0.15, -0.1) is 0 Å². The molecule has 0 bridgehead atoms. The van der Waals surface area contributed by atoms with Crippen LogP contribution in [0.4, 0.5) is 0 Å². The number of hydrogen-bond acceptors (Lipinski definition) is 3. The van der Waals surface area contributed by atoms with Crippen molar-refractivity contribution in [3.63, 3.8) is 0 Å². The van der Waals surface area contributed by atoms with Crippen LogP contribution >= 0.6 is 0 Å². The Labute approximate surface area is 117 Å². The summed E-state index contributed by atoms with van der Waals surface area (Å²) in [6, 6.07) is 12.3. The van der Waals surface area contributed by atoms with Crippen molar-refractivity contribution in [1.29, 1.82) is 0 Å². The van der Waals surface area contributed by atoms with Gasteiger partial charge in [-0.2, -0.15) is 0 Å². The molecule has 0 fully saturated rings. The SMILES string of the molecule is NCCc1cccc2c1oc1c(CCC=O)cccc12. The van der Waals surface area contributed by atoms with E-state index in [2.05, 4.69) is 18.2 Å². The topological polar surface area (TPSA) is 56.2 Å². The first-order valence-electron chi connectivity index (χ1n) is 6.91. The zero-order chi connectivity index (χ0) is 13.9. The number of rotatable bonds is 5. The molecule has 0 amide bonds. The Hall–Kier alpha value is -2.13. The Balaban J connectivity index is 2.24. The Morgan fingerprint density at radius 1 is 0.950 bits per heavy atom. The zero-order valence-electron chi connectivity index (χ0n) is 11.3. The second-order valence-electron chi connectivity index (χ2n) is 4.93. The van der Waals surface area contributed by atoms with Gasteiger partial charge < -0.3 is 14.9 Å². The highest BCUT2D eigenvalue weighted by atomic mass is 16.3. The number of aldehydes is 1. The Morgan fingerprint density at radius 3 is 2.10 bits per heavy atom. The summed E-state index contributed by atoms with van der Waals surface area (Å²) >= 11 is 0. The van der Waals surface area contributed by atoms with Crippen LogP contribution < -0.4 is 5.73 Å². The molecule has 0 spiro atoms. The van der Waals surface area contributed by atoms with Crippen LogP contribution in [0.25, 0.3) is 21.9 Å². The third kappa shape index (κ3) is 2.10. The summed E-state index contributed by atoms with van der Waals surface area (Å²) in [4.78, 5) is 10.6. The smallest absolute Gasteiger partial charge is 0.138 e. The van der Waals surface area contributed by atoms with E-state index in [1.54, 1.807) is 0 Å². The van der Waals surface area contributed by atoms with E-state index in [4.69, 9.17) is 10.2 Å². The van der Waals surface area contributed by atoms with E-state index in [1.807, 2.05) is 18.2 Å². The quantitative estimate of drug-likeness (QED) is 0.722. The molecule has 3 heteroatoms. The van der Waals surface area contributed by atoms with Gasteiger partial charge in [-0.3, -0.25) is 0 Å². The maximum absolute atomic E-state index is 10.6. The minimum absolute atomic E-state index is 0.520. The monoisotopic (exact) mass is 267 g/mol. The van der Waals surface area contributed by atoms with Crippen LogP contribution in [0.5, 0.6) is 0 Å². The fourth-order valence-corrected chi connectivity index (χ4v) is 2.70. The maximum atomic E-state index is 10.6. The van der Waals surface area contributed by atoms with Crippen molar-refractivity contribution in [3.8, 4) is 0 Å². The van der Waals surface area contributed by atoms with Crippen LogP contribution in [0.1, 0.15) is 17.5 Å². The van der Waals surface area contributed by atoms with Gasteiger partial charge in [0.25, 0.3) is 0 Å². The lowest BCUT2D eigenvalue weighted by atomic mass is 10.0. The minimum Gasteiger partial charge on any atom is -0.455 e. The molecule has 3 rings (SSSR count). The molecule has 0 saturated heterocycles. The Kier molecular flexibility index (Phi) is 3.52. The molecule has 0 unspecified atom stereocenters. The summed E-state index contributed by atoms with van der Waals surface area (Å²) in [7, 11) is 0. The van der Waals surface area contributed by atoms with Gasteiger partial charge in [0.2, 0.25) is 0 Å². The van der Waals surface area contributed by atoms with Crippen LogP contribution in [-0.2, 0) is 17.6 Å². The summed E-state index contributed by atoms with van der Waals surface area (Å²) in [6.07, 6.45) is 2.99. The van der Waals surface area contributed by atoms with Gasteiger partial charge in [0, 0.05) is 17.2 Å². The number of carbonyl (C=O) groups is 1. The minimum atomic E-state index is 0.520. The third-order valence-electron chi connectivity index (χ3n) is 3.63. The molecule has 0 atom stereocenters. The molecule has 0 aliphatic heterocycles. The van der Waals surface area contributed by atoms with Crippen molar-refractivity contribution < 1.29 is 9.21 Å². The maximum Gasteiger partial charge on any atom is 0.138 e. The standard InChI is InChI=1S/C17H17NO2/c18-10-9-13-5-2-8-15-14-7-1-4-12(6-3-11-19)16(14)20-17(13)15/h1-2,4-5,7-8,11H,3,6,9-10,18H2. The average molecular weight is 267 g/mol. The highest BCUT2D eigenvalue weighted by Crippen LogP contribution is 2.33. The number of hydrogen-bond donors (Lipinski definition) is 1. The van der Waals surface area contributed by atoms with Crippen molar-refractivity contribution in [2.45, 2.75) is 19.3 Å². The van der Waals surface area contributed by atoms with Crippen LogP contribution in [0.2, 0.25) is 0 Å². The van der Waals surface area contributed by atoms with Crippen molar-refractivity contribution >= 4 is 28.2 Å². The van der Waals surface area contributed by atoms with E-state index in [-0.39, 0.29) is 0 Å². The number of nitrogens with two attached hydrogens (primary N) is 1. The average Bonchev–Trinajstić information content (AvgIpc) is 2.86. The van der Waals surface area contributed by atoms with Crippen molar-refractivity contribution in [2.24, 2.45) is 5.73 Å². The van der Waals surface area contributed by atoms with E-state index in [0.717, 1.165) is 45.8 Å². The number of fused-ring (bicyclic) bond motifs is 3. The van der Waals surface area contributed by atoms with Crippen LogP contribution in [-0.4, -0.2) is 12.8 Å². The lowest BCUT2D eigenvalue weighted by Gasteiger charge is -1.98. The Morgan fingerprint density at radius 2 is 1.55 bits per heavy atom. The molecule has 1 aromatic heterocycles. The molecule has 2 aromatic carbocycles. The van der Waals surface area contributed by atoms with E-state index in [9.17, 15) is 4.79 Å². The highest BCUT2D eigenvalue weighted by molar-refractivity contribution is 6.06. The molecule has 1 heterocycles. The zero-order valence-corrected chi connectivity index (χ0v) is 11.3. The predicted octanol–water partition coefficient (Wildman–Crippen LogP) is 3.22. The molecule has 2 N–H and O–H groups in total. The number of aryl methyl sites for hydroxylation is 1. The molecule has 0 radical (unpaired) electrons. The summed E-state index contributed by atoms with van der Waals surface area (Å²) in [5, 5.41) is 2.24. The van der Waals surface area contributed by atoms with E-state index >= 15 is 0 Å². The molecular formula is C17H17NO2. The van der Waals surface area contributed by atoms with Crippen molar-refractivity contribution in [2.75, 3.05) is 6.54 Å². The van der Waals surface area contributed by atoms with Gasteiger partial charge in [-0.25, -0.2) is 0 Å². The normalized spacial score (nSPS) is 11.2.